The molecule has 0 fully saturated rings. The first kappa shape index (κ1) is 10.3. The maximum absolute atomic E-state index is 10.6. The van der Waals surface area contributed by atoms with Crippen LogP contribution in [0.25, 0.3) is 0 Å². The van der Waals surface area contributed by atoms with Crippen LogP contribution in [0.15, 0.2) is 12.1 Å². The molecule has 1 aromatic rings. The van der Waals surface area contributed by atoms with Crippen molar-refractivity contribution in [2.24, 2.45) is 0 Å². The predicted molar refractivity (Wildman–Crippen MR) is 54.6 cm³/mol. The van der Waals surface area contributed by atoms with Crippen molar-refractivity contribution in [3.63, 3.8) is 0 Å². The molecule has 0 amide bonds. The third kappa shape index (κ3) is 2.31. The highest BCUT2D eigenvalue weighted by molar-refractivity contribution is 7.14. The van der Waals surface area contributed by atoms with Gasteiger partial charge in [-0.05, 0) is 30.9 Å². The molecule has 1 rings (SSSR count). The summed E-state index contributed by atoms with van der Waals surface area (Å²) >= 11 is 1.40. The number of carboxylic acid groups (broad SMARTS) is 1. The molecule has 0 aliphatic rings. The summed E-state index contributed by atoms with van der Waals surface area (Å²) in [6.07, 6.45) is 2.16. The Hall–Kier alpha value is -0.830. The smallest absolute Gasteiger partial charge is 0.345 e. The van der Waals surface area contributed by atoms with Crippen molar-refractivity contribution in [2.45, 2.75) is 32.6 Å². The van der Waals surface area contributed by atoms with Gasteiger partial charge in [-0.2, -0.15) is 0 Å². The summed E-state index contributed by atoms with van der Waals surface area (Å²) in [5, 5.41) is 8.74. The van der Waals surface area contributed by atoms with E-state index < -0.39 is 5.97 Å². The topological polar surface area (TPSA) is 37.3 Å². The largest absolute Gasteiger partial charge is 0.477 e. The van der Waals surface area contributed by atoms with Crippen LogP contribution in [0.3, 0.4) is 0 Å². The Morgan fingerprint density at radius 2 is 2.08 bits per heavy atom. The lowest BCUT2D eigenvalue weighted by Gasteiger charge is -2.08. The molecule has 0 radical (unpaired) electrons. The van der Waals surface area contributed by atoms with Gasteiger partial charge in [0.1, 0.15) is 4.88 Å². The van der Waals surface area contributed by atoms with Gasteiger partial charge in [-0.25, -0.2) is 4.79 Å². The fraction of sp³-hybridized carbons (Fsp3) is 0.500. The molecule has 0 saturated heterocycles. The first-order chi connectivity index (χ1) is 6.19. The molecule has 0 atom stereocenters. The van der Waals surface area contributed by atoms with Crippen LogP contribution in [0.4, 0.5) is 0 Å². The van der Waals surface area contributed by atoms with Crippen LogP contribution in [0, 0.1) is 0 Å². The van der Waals surface area contributed by atoms with E-state index in [1.165, 1.54) is 16.2 Å². The van der Waals surface area contributed by atoms with E-state index >= 15 is 0 Å². The quantitative estimate of drug-likeness (QED) is 0.805. The number of rotatable bonds is 4. The molecule has 1 N–H and O–H groups in total. The zero-order valence-corrected chi connectivity index (χ0v) is 8.73. The van der Waals surface area contributed by atoms with Gasteiger partial charge in [-0.1, -0.05) is 13.8 Å². The molecule has 13 heavy (non-hydrogen) atoms. The number of hydrogen-bond acceptors (Lipinski definition) is 2. The summed E-state index contributed by atoms with van der Waals surface area (Å²) in [5.41, 5.74) is 0. The summed E-state index contributed by atoms with van der Waals surface area (Å²) < 4.78 is 0. The summed E-state index contributed by atoms with van der Waals surface area (Å²) in [4.78, 5) is 12.3. The first-order valence-corrected chi connectivity index (χ1v) is 5.33. The van der Waals surface area contributed by atoms with Gasteiger partial charge in [0, 0.05) is 4.88 Å². The monoisotopic (exact) mass is 198 g/mol. The van der Waals surface area contributed by atoms with Crippen molar-refractivity contribution in [2.75, 3.05) is 0 Å². The second-order valence-electron chi connectivity index (χ2n) is 3.02. The second kappa shape index (κ2) is 4.42. The molecule has 72 valence electrons. The van der Waals surface area contributed by atoms with E-state index in [0.29, 0.717) is 10.8 Å². The zero-order chi connectivity index (χ0) is 9.84. The fourth-order valence-corrected chi connectivity index (χ4v) is 2.49. The lowest BCUT2D eigenvalue weighted by Crippen LogP contribution is -1.92. The van der Waals surface area contributed by atoms with Gasteiger partial charge in [0.05, 0.1) is 0 Å². The number of carboxylic acids is 1. The van der Waals surface area contributed by atoms with Crippen molar-refractivity contribution in [3.05, 3.63) is 21.9 Å². The number of aromatic carboxylic acids is 1. The highest BCUT2D eigenvalue weighted by Gasteiger charge is 2.12. The maximum atomic E-state index is 10.6. The van der Waals surface area contributed by atoms with E-state index in [1.807, 2.05) is 6.07 Å². The Labute approximate surface area is 82.2 Å². The van der Waals surface area contributed by atoms with Gasteiger partial charge >= 0.3 is 5.97 Å². The molecule has 0 aromatic carbocycles. The van der Waals surface area contributed by atoms with Crippen LogP contribution in [0.5, 0.6) is 0 Å². The Balaban J connectivity index is 2.84. The van der Waals surface area contributed by atoms with Crippen molar-refractivity contribution in [3.8, 4) is 0 Å². The first-order valence-electron chi connectivity index (χ1n) is 4.52. The minimum atomic E-state index is -0.817. The van der Waals surface area contributed by atoms with Crippen molar-refractivity contribution >= 4 is 17.3 Å². The van der Waals surface area contributed by atoms with E-state index in [0.717, 1.165) is 12.8 Å². The van der Waals surface area contributed by atoms with Crippen molar-refractivity contribution < 1.29 is 9.90 Å². The van der Waals surface area contributed by atoms with E-state index in [2.05, 4.69) is 13.8 Å². The highest BCUT2D eigenvalue weighted by atomic mass is 32.1. The zero-order valence-electron chi connectivity index (χ0n) is 7.91. The molecule has 0 aliphatic heterocycles. The van der Waals surface area contributed by atoms with Gasteiger partial charge in [-0.3, -0.25) is 0 Å². The average Bonchev–Trinajstić information content (AvgIpc) is 2.56. The van der Waals surface area contributed by atoms with Gasteiger partial charge in [0.15, 0.2) is 0 Å². The highest BCUT2D eigenvalue weighted by Crippen LogP contribution is 2.29. The summed E-state index contributed by atoms with van der Waals surface area (Å²) in [6, 6.07) is 3.63. The van der Waals surface area contributed by atoms with Crippen LogP contribution in [0.1, 0.15) is 47.2 Å². The molecule has 0 saturated carbocycles. The molecule has 0 aliphatic carbocycles. The molecule has 1 aromatic heterocycles. The standard InChI is InChI=1S/C10H14O2S/c1-3-7(4-2)8-5-6-9(13-8)10(11)12/h5-7H,3-4H2,1-2H3,(H,11,12). The fourth-order valence-electron chi connectivity index (χ4n) is 1.38. The Kier molecular flexibility index (Phi) is 3.48. The van der Waals surface area contributed by atoms with Crippen molar-refractivity contribution in [1.29, 1.82) is 0 Å². The average molecular weight is 198 g/mol. The maximum Gasteiger partial charge on any atom is 0.345 e. The molecule has 0 bridgehead atoms. The summed E-state index contributed by atoms with van der Waals surface area (Å²) in [5.74, 6) is -0.291. The lowest BCUT2D eigenvalue weighted by atomic mass is 10.0. The Morgan fingerprint density at radius 1 is 1.46 bits per heavy atom. The molecular weight excluding hydrogens is 184 g/mol. The number of hydrogen-bond donors (Lipinski definition) is 1. The molecule has 3 heteroatoms. The minimum Gasteiger partial charge on any atom is -0.477 e. The molecule has 0 spiro atoms. The third-order valence-corrected chi connectivity index (χ3v) is 3.46. The molecule has 1 heterocycles. The SMILES string of the molecule is CCC(CC)c1ccc(C(=O)O)s1. The van der Waals surface area contributed by atoms with Crippen LogP contribution in [-0.2, 0) is 0 Å². The van der Waals surface area contributed by atoms with Gasteiger partial charge in [0.25, 0.3) is 0 Å². The van der Waals surface area contributed by atoms with Gasteiger partial charge in [0.2, 0.25) is 0 Å². The van der Waals surface area contributed by atoms with E-state index in [1.54, 1.807) is 6.07 Å². The van der Waals surface area contributed by atoms with Crippen LogP contribution in [0.2, 0.25) is 0 Å². The predicted octanol–water partition coefficient (Wildman–Crippen LogP) is 3.35. The van der Waals surface area contributed by atoms with E-state index in [4.69, 9.17) is 5.11 Å². The number of carbonyl (C=O) groups is 1. The van der Waals surface area contributed by atoms with E-state index in [-0.39, 0.29) is 0 Å². The molecule has 0 unspecified atom stereocenters. The van der Waals surface area contributed by atoms with E-state index in [9.17, 15) is 4.79 Å². The molecular formula is C10H14O2S. The third-order valence-electron chi connectivity index (χ3n) is 2.23. The summed E-state index contributed by atoms with van der Waals surface area (Å²) in [6.45, 7) is 4.27. The summed E-state index contributed by atoms with van der Waals surface area (Å²) in [7, 11) is 0. The minimum absolute atomic E-state index is 0.446. The van der Waals surface area contributed by atoms with Crippen LogP contribution in [-0.4, -0.2) is 11.1 Å². The van der Waals surface area contributed by atoms with Gasteiger partial charge < -0.3 is 5.11 Å². The number of thiophene rings is 1. The second-order valence-corrected chi connectivity index (χ2v) is 4.14. The van der Waals surface area contributed by atoms with Gasteiger partial charge in [-0.15, -0.1) is 11.3 Å². The Bertz CT molecular complexity index is 287. The van der Waals surface area contributed by atoms with Crippen LogP contribution < -0.4 is 0 Å². The Morgan fingerprint density at radius 3 is 2.46 bits per heavy atom. The normalized spacial score (nSPS) is 10.7. The lowest BCUT2D eigenvalue weighted by molar-refractivity contribution is 0.0702. The molecule has 2 nitrogen and oxygen atoms in total. The van der Waals surface area contributed by atoms with Crippen LogP contribution >= 0.6 is 11.3 Å². The van der Waals surface area contributed by atoms with Crippen molar-refractivity contribution in [1.82, 2.24) is 0 Å².